The Kier molecular flexibility index (Phi) is 5.95. The first-order valence-electron chi connectivity index (χ1n) is 11.2. The van der Waals surface area contributed by atoms with E-state index in [-0.39, 0.29) is 12.1 Å². The lowest BCUT2D eigenvalue weighted by atomic mass is 10.0. The largest absolute Gasteiger partial charge is 0.496 e. The van der Waals surface area contributed by atoms with Crippen LogP contribution in [0.15, 0.2) is 89.5 Å². The summed E-state index contributed by atoms with van der Waals surface area (Å²) in [5.74, 6) is 2.19. The van der Waals surface area contributed by atoms with Crippen molar-refractivity contribution in [2.75, 3.05) is 12.4 Å². The maximum atomic E-state index is 13.5. The van der Waals surface area contributed by atoms with E-state index in [0.717, 1.165) is 34.1 Å². The number of anilines is 1. The number of ether oxygens (including phenoxy) is 2. The molecule has 1 amide bonds. The number of nitrogens with zero attached hydrogens (tertiary/aromatic N) is 1. The monoisotopic (exact) mass is 454 g/mol. The molecule has 5 rings (SSSR count). The molecule has 1 aromatic heterocycles. The lowest BCUT2D eigenvalue weighted by molar-refractivity contribution is 0.0651. The Bertz CT molecular complexity index is 1280. The van der Waals surface area contributed by atoms with Gasteiger partial charge in [0.05, 0.1) is 25.5 Å². The van der Waals surface area contributed by atoms with Crippen LogP contribution in [0.25, 0.3) is 0 Å². The minimum absolute atomic E-state index is 0.0518. The number of amides is 1. The van der Waals surface area contributed by atoms with Gasteiger partial charge in [0.1, 0.15) is 30.0 Å². The van der Waals surface area contributed by atoms with Gasteiger partial charge in [0.2, 0.25) is 0 Å². The Balaban J connectivity index is 1.47. The number of carbonyl (C=O) groups excluding carboxylic acids is 1. The molecule has 1 N–H and O–H groups in total. The average Bonchev–Trinajstić information content (AvgIpc) is 3.38. The lowest BCUT2D eigenvalue weighted by Gasteiger charge is -2.38. The molecule has 0 fully saturated rings. The van der Waals surface area contributed by atoms with E-state index in [2.05, 4.69) is 5.32 Å². The summed E-state index contributed by atoms with van der Waals surface area (Å²) in [6, 6.07) is 25.1. The molecule has 6 nitrogen and oxygen atoms in total. The molecule has 34 heavy (non-hydrogen) atoms. The van der Waals surface area contributed by atoms with E-state index in [1.54, 1.807) is 18.3 Å². The highest BCUT2D eigenvalue weighted by molar-refractivity contribution is 6.01. The summed E-state index contributed by atoms with van der Waals surface area (Å²) in [6.45, 7) is 2.73. The Hall–Kier alpha value is -4.19. The fraction of sp³-hybridized carbons (Fsp3) is 0.179. The molecule has 1 unspecified atom stereocenters. The van der Waals surface area contributed by atoms with E-state index in [1.165, 1.54) is 5.56 Å². The molecule has 6 heteroatoms. The van der Waals surface area contributed by atoms with Crippen LogP contribution in [0.2, 0.25) is 0 Å². The predicted octanol–water partition coefficient (Wildman–Crippen LogP) is 5.94. The van der Waals surface area contributed by atoms with E-state index < -0.39 is 0 Å². The molecule has 1 aliphatic heterocycles. The van der Waals surface area contributed by atoms with E-state index in [4.69, 9.17) is 13.9 Å². The van der Waals surface area contributed by atoms with E-state index in [9.17, 15) is 4.79 Å². The zero-order valence-electron chi connectivity index (χ0n) is 19.2. The molecule has 4 aromatic rings. The van der Waals surface area contributed by atoms with Gasteiger partial charge in [0.15, 0.2) is 0 Å². The number of aryl methyl sites for hydroxylation is 1. The lowest BCUT2D eigenvalue weighted by Crippen LogP contribution is -2.42. The van der Waals surface area contributed by atoms with Crippen LogP contribution in [0.4, 0.5) is 5.69 Å². The topological polar surface area (TPSA) is 63.9 Å². The molecule has 0 bridgehead atoms. The normalized spacial score (nSPS) is 14.9. The van der Waals surface area contributed by atoms with Crippen molar-refractivity contribution >= 4 is 11.6 Å². The summed E-state index contributed by atoms with van der Waals surface area (Å²) in [4.78, 5) is 15.3. The number of methoxy groups -OCH3 is 1. The molecule has 0 saturated carbocycles. The van der Waals surface area contributed by atoms with Crippen molar-refractivity contribution in [2.45, 2.75) is 26.2 Å². The molecule has 172 valence electrons. The Morgan fingerprint density at radius 1 is 1.00 bits per heavy atom. The highest BCUT2D eigenvalue weighted by Crippen LogP contribution is 2.36. The summed E-state index contributed by atoms with van der Waals surface area (Å²) in [7, 11) is 1.65. The number of nitrogens with one attached hydrogen (secondary N) is 1. The van der Waals surface area contributed by atoms with Crippen LogP contribution in [-0.4, -0.2) is 17.9 Å². The van der Waals surface area contributed by atoms with Crippen molar-refractivity contribution in [1.29, 1.82) is 0 Å². The van der Waals surface area contributed by atoms with Crippen molar-refractivity contribution in [2.24, 2.45) is 0 Å². The van der Waals surface area contributed by atoms with Crippen molar-refractivity contribution in [3.05, 3.63) is 113 Å². The molecule has 1 aliphatic rings. The zero-order valence-corrected chi connectivity index (χ0v) is 19.2. The van der Waals surface area contributed by atoms with Crippen molar-refractivity contribution in [3.8, 4) is 11.5 Å². The van der Waals surface area contributed by atoms with Gasteiger partial charge in [-0.25, -0.2) is 0 Å². The van der Waals surface area contributed by atoms with E-state index in [0.29, 0.717) is 18.7 Å². The highest BCUT2D eigenvalue weighted by Gasteiger charge is 2.33. The van der Waals surface area contributed by atoms with Crippen LogP contribution in [-0.2, 0) is 13.2 Å². The Morgan fingerprint density at radius 2 is 1.82 bits per heavy atom. The summed E-state index contributed by atoms with van der Waals surface area (Å²) >= 11 is 0. The van der Waals surface area contributed by atoms with Crippen molar-refractivity contribution in [1.82, 2.24) is 4.90 Å². The van der Waals surface area contributed by atoms with Gasteiger partial charge in [-0.1, -0.05) is 35.9 Å². The number of benzene rings is 3. The predicted molar refractivity (Wildman–Crippen MR) is 130 cm³/mol. The van der Waals surface area contributed by atoms with Gasteiger partial charge in [-0.3, -0.25) is 4.79 Å². The van der Waals surface area contributed by atoms with Gasteiger partial charge in [-0.15, -0.1) is 0 Å². The number of furan rings is 1. The smallest absolute Gasteiger partial charge is 0.258 e. The third-order valence-electron chi connectivity index (χ3n) is 5.96. The molecule has 0 radical (unpaired) electrons. The Labute approximate surface area is 198 Å². The zero-order chi connectivity index (χ0) is 23.5. The third-order valence-corrected chi connectivity index (χ3v) is 5.96. The fourth-order valence-corrected chi connectivity index (χ4v) is 4.17. The second-order valence-electron chi connectivity index (χ2n) is 8.28. The van der Waals surface area contributed by atoms with Crippen molar-refractivity contribution < 1.29 is 18.7 Å². The van der Waals surface area contributed by atoms with Gasteiger partial charge in [0.25, 0.3) is 5.91 Å². The first kappa shape index (κ1) is 21.6. The summed E-state index contributed by atoms with van der Waals surface area (Å²) < 4.78 is 17.2. The van der Waals surface area contributed by atoms with Crippen LogP contribution in [0.1, 0.15) is 39.0 Å². The van der Waals surface area contributed by atoms with Crippen LogP contribution in [0.5, 0.6) is 11.5 Å². The highest BCUT2D eigenvalue weighted by atomic mass is 16.5. The second kappa shape index (κ2) is 9.35. The molecule has 0 aliphatic carbocycles. The fourth-order valence-electron chi connectivity index (χ4n) is 4.17. The summed E-state index contributed by atoms with van der Waals surface area (Å²) in [5, 5.41) is 3.53. The molecule has 2 heterocycles. The Morgan fingerprint density at radius 3 is 2.59 bits per heavy atom. The molecular formula is C28H26N2O4. The maximum Gasteiger partial charge on any atom is 0.258 e. The van der Waals surface area contributed by atoms with Gasteiger partial charge in [-0.05, 0) is 61.0 Å². The van der Waals surface area contributed by atoms with Crippen LogP contribution >= 0.6 is 0 Å². The molecule has 0 spiro atoms. The first-order chi connectivity index (χ1) is 16.6. The number of hydrogen-bond donors (Lipinski definition) is 1. The minimum atomic E-state index is -0.378. The number of para-hydroxylation sites is 1. The van der Waals surface area contributed by atoms with E-state index >= 15 is 0 Å². The van der Waals surface area contributed by atoms with Gasteiger partial charge >= 0.3 is 0 Å². The number of fused-ring (bicyclic) bond motifs is 1. The minimum Gasteiger partial charge on any atom is -0.496 e. The van der Waals surface area contributed by atoms with Crippen molar-refractivity contribution in [3.63, 3.8) is 0 Å². The van der Waals surface area contributed by atoms with Crippen LogP contribution in [0.3, 0.4) is 0 Å². The quantitative estimate of drug-likeness (QED) is 0.374. The maximum absolute atomic E-state index is 13.5. The number of carbonyl (C=O) groups is 1. The summed E-state index contributed by atoms with van der Waals surface area (Å²) in [5.41, 5.74) is 4.45. The summed E-state index contributed by atoms with van der Waals surface area (Å²) in [6.07, 6.45) is 1.24. The molecule has 0 saturated heterocycles. The SMILES string of the molecule is COc1ccc(C2Nc3ccccc3C(=O)N2Cc2ccco2)cc1COc1ccc(C)cc1. The van der Waals surface area contributed by atoms with Gasteiger partial charge < -0.3 is 24.1 Å². The first-order valence-corrected chi connectivity index (χ1v) is 11.2. The average molecular weight is 455 g/mol. The standard InChI is InChI=1S/C28H26N2O4/c1-19-9-12-22(13-10-19)34-18-21-16-20(11-14-26(21)32-2)27-29-25-8-4-3-7-24(25)28(31)30(27)17-23-6-5-15-33-23/h3-16,27,29H,17-18H2,1-2H3. The van der Waals surface area contributed by atoms with Gasteiger partial charge in [-0.2, -0.15) is 0 Å². The third kappa shape index (κ3) is 4.35. The number of hydrogen-bond acceptors (Lipinski definition) is 5. The number of rotatable bonds is 7. The molecule has 1 atom stereocenters. The van der Waals surface area contributed by atoms with Gasteiger partial charge in [0, 0.05) is 11.3 Å². The van der Waals surface area contributed by atoms with Crippen LogP contribution in [0, 0.1) is 6.92 Å². The molecular weight excluding hydrogens is 428 g/mol. The molecule has 3 aromatic carbocycles. The second-order valence-corrected chi connectivity index (χ2v) is 8.28. The van der Waals surface area contributed by atoms with E-state index in [1.807, 2.05) is 85.8 Å². The van der Waals surface area contributed by atoms with Crippen LogP contribution < -0.4 is 14.8 Å².